The van der Waals surface area contributed by atoms with E-state index in [0.29, 0.717) is 23.9 Å². The Kier molecular flexibility index (Phi) is 5.48. The minimum atomic E-state index is -0.0317. The van der Waals surface area contributed by atoms with Gasteiger partial charge in [0.1, 0.15) is 12.2 Å². The zero-order chi connectivity index (χ0) is 19.3. The molecule has 3 aromatic rings. The topological polar surface area (TPSA) is 89.1 Å². The number of piperidine rings is 1. The second-order valence-corrected chi connectivity index (χ2v) is 7.15. The second kappa shape index (κ2) is 8.35. The maximum absolute atomic E-state index is 12.6. The summed E-state index contributed by atoms with van der Waals surface area (Å²) >= 11 is 0. The second-order valence-electron chi connectivity index (χ2n) is 7.15. The SMILES string of the molecule is CN(Cc1cc(-c2cccnc2)no1)C(=O)Cn1ccc(C2CCCNC2)n1. The normalized spacial score (nSPS) is 16.8. The van der Waals surface area contributed by atoms with E-state index in [2.05, 4.69) is 20.6 Å². The van der Waals surface area contributed by atoms with Crippen LogP contribution in [-0.2, 0) is 17.9 Å². The molecule has 1 saturated heterocycles. The molecule has 1 N–H and O–H groups in total. The van der Waals surface area contributed by atoms with Gasteiger partial charge in [-0.3, -0.25) is 14.5 Å². The Balaban J connectivity index is 1.34. The van der Waals surface area contributed by atoms with Crippen molar-refractivity contribution < 1.29 is 9.32 Å². The zero-order valence-electron chi connectivity index (χ0n) is 15.9. The van der Waals surface area contributed by atoms with Gasteiger partial charge in [-0.15, -0.1) is 0 Å². The van der Waals surface area contributed by atoms with Crippen LogP contribution in [0.15, 0.2) is 47.4 Å². The van der Waals surface area contributed by atoms with E-state index in [-0.39, 0.29) is 12.5 Å². The first-order valence-electron chi connectivity index (χ1n) is 9.53. The highest BCUT2D eigenvalue weighted by Gasteiger charge is 2.19. The summed E-state index contributed by atoms with van der Waals surface area (Å²) in [6.45, 7) is 2.59. The van der Waals surface area contributed by atoms with Crippen LogP contribution in [0, 0.1) is 0 Å². The molecule has 4 heterocycles. The molecule has 0 bridgehead atoms. The van der Waals surface area contributed by atoms with Gasteiger partial charge in [0.2, 0.25) is 5.91 Å². The molecule has 146 valence electrons. The van der Waals surface area contributed by atoms with Crippen LogP contribution in [0.4, 0.5) is 0 Å². The van der Waals surface area contributed by atoms with Gasteiger partial charge in [0, 0.05) is 49.7 Å². The number of rotatable bonds is 6. The summed E-state index contributed by atoms with van der Waals surface area (Å²) in [6, 6.07) is 7.62. The van der Waals surface area contributed by atoms with Crippen molar-refractivity contribution in [1.29, 1.82) is 0 Å². The van der Waals surface area contributed by atoms with Crippen molar-refractivity contribution in [3.05, 3.63) is 54.3 Å². The Labute approximate surface area is 163 Å². The summed E-state index contributed by atoms with van der Waals surface area (Å²) in [5.74, 6) is 1.03. The Bertz CT molecular complexity index is 914. The number of hydrogen-bond acceptors (Lipinski definition) is 6. The highest BCUT2D eigenvalue weighted by Crippen LogP contribution is 2.21. The van der Waals surface area contributed by atoms with Crippen LogP contribution in [-0.4, -0.2) is 50.9 Å². The van der Waals surface area contributed by atoms with Gasteiger partial charge in [0.05, 0.1) is 12.2 Å². The Morgan fingerprint density at radius 3 is 3.14 bits per heavy atom. The fraction of sp³-hybridized carbons (Fsp3) is 0.400. The molecule has 0 radical (unpaired) electrons. The van der Waals surface area contributed by atoms with Crippen LogP contribution >= 0.6 is 0 Å². The lowest BCUT2D eigenvalue weighted by molar-refractivity contribution is -0.131. The number of hydrogen-bond donors (Lipinski definition) is 1. The third kappa shape index (κ3) is 4.28. The molecule has 8 nitrogen and oxygen atoms in total. The lowest BCUT2D eigenvalue weighted by Crippen LogP contribution is -2.30. The molecule has 1 atom stereocenters. The molecule has 1 amide bonds. The van der Waals surface area contributed by atoms with Crippen molar-refractivity contribution in [3.63, 3.8) is 0 Å². The van der Waals surface area contributed by atoms with Crippen molar-refractivity contribution in [3.8, 4) is 11.3 Å². The molecule has 0 spiro atoms. The van der Waals surface area contributed by atoms with Crippen LogP contribution in [0.3, 0.4) is 0 Å². The number of carbonyl (C=O) groups is 1. The van der Waals surface area contributed by atoms with Crippen molar-refractivity contribution in [1.82, 2.24) is 30.1 Å². The summed E-state index contributed by atoms with van der Waals surface area (Å²) in [4.78, 5) is 18.3. The molecule has 0 aliphatic carbocycles. The van der Waals surface area contributed by atoms with Crippen LogP contribution < -0.4 is 5.32 Å². The summed E-state index contributed by atoms with van der Waals surface area (Å²) in [6.07, 6.45) is 7.63. The molecule has 1 fully saturated rings. The van der Waals surface area contributed by atoms with Crippen molar-refractivity contribution in [2.24, 2.45) is 0 Å². The van der Waals surface area contributed by atoms with Crippen LogP contribution in [0.5, 0.6) is 0 Å². The number of carbonyl (C=O) groups excluding carboxylic acids is 1. The number of likely N-dealkylation sites (N-methyl/N-ethyl adjacent to an activating group) is 1. The third-order valence-electron chi connectivity index (χ3n) is 5.01. The highest BCUT2D eigenvalue weighted by molar-refractivity contribution is 5.75. The largest absolute Gasteiger partial charge is 0.359 e. The summed E-state index contributed by atoms with van der Waals surface area (Å²) in [5.41, 5.74) is 2.65. The lowest BCUT2D eigenvalue weighted by atomic mass is 9.97. The van der Waals surface area contributed by atoms with E-state index in [1.54, 1.807) is 29.0 Å². The van der Waals surface area contributed by atoms with E-state index in [1.165, 1.54) is 0 Å². The third-order valence-corrected chi connectivity index (χ3v) is 5.01. The number of nitrogens with zero attached hydrogens (tertiary/aromatic N) is 5. The molecule has 0 aromatic carbocycles. The Morgan fingerprint density at radius 1 is 1.43 bits per heavy atom. The molecule has 1 aliphatic heterocycles. The van der Waals surface area contributed by atoms with E-state index >= 15 is 0 Å². The van der Waals surface area contributed by atoms with Crippen molar-refractivity contribution in [2.45, 2.75) is 31.8 Å². The molecule has 0 saturated carbocycles. The molecule has 1 aliphatic rings. The fourth-order valence-corrected chi connectivity index (χ4v) is 3.41. The molecular weight excluding hydrogens is 356 g/mol. The van der Waals surface area contributed by atoms with E-state index in [4.69, 9.17) is 4.52 Å². The molecular formula is C20H24N6O2. The van der Waals surface area contributed by atoms with Crippen LogP contribution in [0.1, 0.15) is 30.2 Å². The van der Waals surface area contributed by atoms with Gasteiger partial charge in [-0.05, 0) is 37.6 Å². The Hall–Kier alpha value is -3.00. The Morgan fingerprint density at radius 2 is 2.36 bits per heavy atom. The van der Waals surface area contributed by atoms with Gasteiger partial charge in [-0.25, -0.2) is 0 Å². The maximum Gasteiger partial charge on any atom is 0.244 e. The minimum absolute atomic E-state index is 0.0317. The summed E-state index contributed by atoms with van der Waals surface area (Å²) in [7, 11) is 1.75. The first-order valence-corrected chi connectivity index (χ1v) is 9.53. The number of aromatic nitrogens is 4. The zero-order valence-corrected chi connectivity index (χ0v) is 15.9. The summed E-state index contributed by atoms with van der Waals surface area (Å²) in [5, 5.41) is 12.1. The maximum atomic E-state index is 12.6. The van der Waals surface area contributed by atoms with Gasteiger partial charge in [-0.1, -0.05) is 5.16 Å². The molecule has 1 unspecified atom stereocenters. The first kappa shape index (κ1) is 18.4. The van der Waals surface area contributed by atoms with Gasteiger partial charge < -0.3 is 14.7 Å². The quantitative estimate of drug-likeness (QED) is 0.704. The number of nitrogens with one attached hydrogen (secondary N) is 1. The van der Waals surface area contributed by atoms with Crippen LogP contribution in [0.2, 0.25) is 0 Å². The lowest BCUT2D eigenvalue weighted by Gasteiger charge is -2.20. The molecule has 4 rings (SSSR count). The predicted molar refractivity (Wildman–Crippen MR) is 103 cm³/mol. The average molecular weight is 380 g/mol. The fourth-order valence-electron chi connectivity index (χ4n) is 3.41. The number of amides is 1. The standard InChI is InChI=1S/C20H24N6O2/c1-25(13-17-10-19(24-28-17)16-5-3-8-22-12-16)20(27)14-26-9-6-18(23-26)15-4-2-7-21-11-15/h3,5-6,8-10,12,15,21H,2,4,7,11,13-14H2,1H3. The van der Waals surface area contributed by atoms with Crippen molar-refractivity contribution in [2.75, 3.05) is 20.1 Å². The molecule has 8 heteroatoms. The highest BCUT2D eigenvalue weighted by atomic mass is 16.5. The monoisotopic (exact) mass is 380 g/mol. The predicted octanol–water partition coefficient (Wildman–Crippen LogP) is 2.06. The smallest absolute Gasteiger partial charge is 0.244 e. The van der Waals surface area contributed by atoms with Gasteiger partial charge in [-0.2, -0.15) is 5.10 Å². The van der Waals surface area contributed by atoms with E-state index in [0.717, 1.165) is 37.2 Å². The van der Waals surface area contributed by atoms with Gasteiger partial charge in [0.15, 0.2) is 5.76 Å². The van der Waals surface area contributed by atoms with E-state index < -0.39 is 0 Å². The van der Waals surface area contributed by atoms with Gasteiger partial charge >= 0.3 is 0 Å². The average Bonchev–Trinajstić information content (AvgIpc) is 3.39. The van der Waals surface area contributed by atoms with E-state index in [9.17, 15) is 4.79 Å². The van der Waals surface area contributed by atoms with Crippen LogP contribution in [0.25, 0.3) is 11.3 Å². The first-order chi connectivity index (χ1) is 13.7. The molecule has 28 heavy (non-hydrogen) atoms. The number of pyridine rings is 1. The van der Waals surface area contributed by atoms with Gasteiger partial charge in [0.25, 0.3) is 0 Å². The summed E-state index contributed by atoms with van der Waals surface area (Å²) < 4.78 is 7.09. The van der Waals surface area contributed by atoms with E-state index in [1.807, 2.05) is 30.5 Å². The molecule has 3 aromatic heterocycles. The van der Waals surface area contributed by atoms with Crippen molar-refractivity contribution >= 4 is 5.91 Å². The minimum Gasteiger partial charge on any atom is -0.359 e.